The average Bonchev–Trinajstić information content (AvgIpc) is 2.25. The topological polar surface area (TPSA) is 38.3 Å². The van der Waals surface area contributed by atoms with Gasteiger partial charge in [0.25, 0.3) is 0 Å². The predicted molar refractivity (Wildman–Crippen MR) is 56.1 cm³/mol. The summed E-state index contributed by atoms with van der Waals surface area (Å²) in [5, 5.41) is 3.17. The number of hydrogen-bond acceptors (Lipinski definition) is 3. The monoisotopic (exact) mass is 198 g/mol. The third kappa shape index (κ3) is 4.20. The van der Waals surface area contributed by atoms with E-state index in [1.807, 2.05) is 0 Å². The maximum atomic E-state index is 11.6. The van der Waals surface area contributed by atoms with Gasteiger partial charge in [-0.2, -0.15) is 0 Å². The molecular weight excluding hydrogens is 178 g/mol. The van der Waals surface area contributed by atoms with Gasteiger partial charge < -0.3 is 10.1 Å². The van der Waals surface area contributed by atoms with Crippen LogP contribution in [0.15, 0.2) is 0 Å². The quantitative estimate of drug-likeness (QED) is 0.654. The number of nitrogens with one attached hydrogen (secondary N) is 1. The SMILES string of the molecule is [CH2]CCCCCC(=O)C1COCCN1. The first-order valence-corrected chi connectivity index (χ1v) is 5.47. The summed E-state index contributed by atoms with van der Waals surface area (Å²) in [6, 6.07) is -0.0523. The zero-order valence-electron chi connectivity index (χ0n) is 8.76. The zero-order valence-corrected chi connectivity index (χ0v) is 8.76. The lowest BCUT2D eigenvalue weighted by atomic mass is 10.0. The normalized spacial score (nSPS) is 22.2. The molecule has 0 aromatic rings. The van der Waals surface area contributed by atoms with Gasteiger partial charge in [0.2, 0.25) is 0 Å². The summed E-state index contributed by atoms with van der Waals surface area (Å²) in [5.41, 5.74) is 0. The Morgan fingerprint density at radius 3 is 2.93 bits per heavy atom. The van der Waals surface area contributed by atoms with Gasteiger partial charge in [-0.25, -0.2) is 0 Å². The van der Waals surface area contributed by atoms with Crippen LogP contribution in [-0.2, 0) is 9.53 Å². The van der Waals surface area contributed by atoms with E-state index in [0.29, 0.717) is 18.8 Å². The maximum absolute atomic E-state index is 11.6. The van der Waals surface area contributed by atoms with Gasteiger partial charge >= 0.3 is 0 Å². The minimum atomic E-state index is -0.0523. The average molecular weight is 198 g/mol. The third-order valence-corrected chi connectivity index (χ3v) is 2.48. The Morgan fingerprint density at radius 2 is 2.29 bits per heavy atom. The molecule has 81 valence electrons. The standard InChI is InChI=1S/C11H20NO2/c1-2-3-4-5-6-11(13)10-9-14-8-7-12-10/h10,12H,1-9H2. The molecule has 0 aliphatic carbocycles. The Labute approximate surface area is 86.2 Å². The number of hydrogen-bond donors (Lipinski definition) is 1. The highest BCUT2D eigenvalue weighted by Gasteiger charge is 2.19. The molecule has 1 radical (unpaired) electrons. The van der Waals surface area contributed by atoms with Crippen molar-refractivity contribution in [3.05, 3.63) is 6.92 Å². The molecule has 3 heteroatoms. The lowest BCUT2D eigenvalue weighted by Crippen LogP contribution is -2.46. The highest BCUT2D eigenvalue weighted by Crippen LogP contribution is 2.06. The Hall–Kier alpha value is -0.410. The van der Waals surface area contributed by atoms with E-state index in [1.165, 1.54) is 0 Å². The molecule has 1 heterocycles. The van der Waals surface area contributed by atoms with Crippen LogP contribution in [0.25, 0.3) is 0 Å². The van der Waals surface area contributed by atoms with Crippen LogP contribution in [-0.4, -0.2) is 31.6 Å². The fourth-order valence-electron chi connectivity index (χ4n) is 1.60. The van der Waals surface area contributed by atoms with Gasteiger partial charge in [0, 0.05) is 13.0 Å². The molecule has 0 bridgehead atoms. The van der Waals surface area contributed by atoms with E-state index in [1.54, 1.807) is 0 Å². The van der Waals surface area contributed by atoms with Gasteiger partial charge in [-0.05, 0) is 6.42 Å². The summed E-state index contributed by atoms with van der Waals surface area (Å²) < 4.78 is 5.24. The van der Waals surface area contributed by atoms with Crippen molar-refractivity contribution in [1.29, 1.82) is 0 Å². The molecule has 1 aliphatic rings. The summed E-state index contributed by atoms with van der Waals surface area (Å²) in [7, 11) is 0. The fourth-order valence-corrected chi connectivity index (χ4v) is 1.60. The molecule has 0 aromatic heterocycles. The molecule has 1 unspecified atom stereocenters. The maximum Gasteiger partial charge on any atom is 0.152 e. The van der Waals surface area contributed by atoms with Crippen LogP contribution in [0, 0.1) is 6.92 Å². The molecule has 1 saturated heterocycles. The molecule has 1 fully saturated rings. The van der Waals surface area contributed by atoms with E-state index < -0.39 is 0 Å². The minimum Gasteiger partial charge on any atom is -0.378 e. The molecule has 3 nitrogen and oxygen atoms in total. The van der Waals surface area contributed by atoms with E-state index >= 15 is 0 Å². The van der Waals surface area contributed by atoms with Crippen LogP contribution in [0.1, 0.15) is 32.1 Å². The van der Waals surface area contributed by atoms with Crippen LogP contribution < -0.4 is 5.32 Å². The molecule has 14 heavy (non-hydrogen) atoms. The second-order valence-electron chi connectivity index (χ2n) is 3.71. The molecule has 0 spiro atoms. The smallest absolute Gasteiger partial charge is 0.152 e. The molecule has 1 aliphatic heterocycles. The number of carbonyl (C=O) groups excluding carboxylic acids is 1. The van der Waals surface area contributed by atoms with Crippen molar-refractivity contribution >= 4 is 5.78 Å². The third-order valence-electron chi connectivity index (χ3n) is 2.48. The van der Waals surface area contributed by atoms with Gasteiger partial charge in [-0.1, -0.05) is 26.2 Å². The van der Waals surface area contributed by atoms with Crippen LogP contribution in [0.4, 0.5) is 0 Å². The van der Waals surface area contributed by atoms with Crippen LogP contribution in [0.3, 0.4) is 0 Å². The van der Waals surface area contributed by atoms with Crippen molar-refractivity contribution in [3.63, 3.8) is 0 Å². The second-order valence-corrected chi connectivity index (χ2v) is 3.71. The number of Topliss-reactive ketones (excluding diaryl/α,β-unsaturated/α-hetero) is 1. The summed E-state index contributed by atoms with van der Waals surface area (Å²) in [6.07, 6.45) is 4.89. The van der Waals surface area contributed by atoms with Gasteiger partial charge in [-0.3, -0.25) is 4.79 Å². The Morgan fingerprint density at radius 1 is 1.43 bits per heavy atom. The number of morpholine rings is 1. The molecule has 1 rings (SSSR count). The first kappa shape index (κ1) is 11.7. The Bertz CT molecular complexity index is 165. The number of unbranched alkanes of at least 4 members (excludes halogenated alkanes) is 3. The van der Waals surface area contributed by atoms with Crippen molar-refractivity contribution in [1.82, 2.24) is 5.32 Å². The fraction of sp³-hybridized carbons (Fsp3) is 0.818. The number of ketones is 1. The van der Waals surface area contributed by atoms with E-state index in [0.717, 1.165) is 38.8 Å². The van der Waals surface area contributed by atoms with Crippen molar-refractivity contribution in [2.45, 2.75) is 38.1 Å². The lowest BCUT2D eigenvalue weighted by Gasteiger charge is -2.22. The van der Waals surface area contributed by atoms with E-state index in [2.05, 4.69) is 12.2 Å². The van der Waals surface area contributed by atoms with E-state index in [4.69, 9.17) is 4.74 Å². The van der Waals surface area contributed by atoms with E-state index in [-0.39, 0.29) is 6.04 Å². The molecule has 1 N–H and O–H groups in total. The van der Waals surface area contributed by atoms with Crippen molar-refractivity contribution in [3.8, 4) is 0 Å². The first-order chi connectivity index (χ1) is 6.84. The van der Waals surface area contributed by atoms with E-state index in [9.17, 15) is 4.79 Å². The molecule has 0 amide bonds. The van der Waals surface area contributed by atoms with Crippen molar-refractivity contribution in [2.75, 3.05) is 19.8 Å². The van der Waals surface area contributed by atoms with Crippen LogP contribution in [0.5, 0.6) is 0 Å². The first-order valence-electron chi connectivity index (χ1n) is 5.47. The Kier molecular flexibility index (Phi) is 5.80. The summed E-state index contributed by atoms with van der Waals surface area (Å²) in [4.78, 5) is 11.6. The molecular formula is C11H20NO2. The van der Waals surface area contributed by atoms with Crippen molar-refractivity contribution in [2.24, 2.45) is 0 Å². The lowest BCUT2D eigenvalue weighted by molar-refractivity contribution is -0.123. The highest BCUT2D eigenvalue weighted by atomic mass is 16.5. The zero-order chi connectivity index (χ0) is 10.2. The van der Waals surface area contributed by atoms with Gasteiger partial charge in [-0.15, -0.1) is 0 Å². The second kappa shape index (κ2) is 6.96. The Balaban J connectivity index is 2.07. The van der Waals surface area contributed by atoms with Gasteiger partial charge in [0.15, 0.2) is 5.78 Å². The molecule has 0 saturated carbocycles. The van der Waals surface area contributed by atoms with Gasteiger partial charge in [0.1, 0.15) is 0 Å². The molecule has 1 atom stereocenters. The van der Waals surface area contributed by atoms with Crippen molar-refractivity contribution < 1.29 is 9.53 Å². The predicted octanol–water partition coefficient (Wildman–Crippen LogP) is 1.33. The van der Waals surface area contributed by atoms with Gasteiger partial charge in [0.05, 0.1) is 19.3 Å². The van der Waals surface area contributed by atoms with Crippen LogP contribution >= 0.6 is 0 Å². The largest absolute Gasteiger partial charge is 0.378 e. The summed E-state index contributed by atoms with van der Waals surface area (Å²) in [6.45, 7) is 5.85. The number of ether oxygens (including phenoxy) is 1. The minimum absolute atomic E-state index is 0.0523. The summed E-state index contributed by atoms with van der Waals surface area (Å²) >= 11 is 0. The van der Waals surface area contributed by atoms with Crippen LogP contribution in [0.2, 0.25) is 0 Å². The highest BCUT2D eigenvalue weighted by molar-refractivity contribution is 5.84. The molecule has 0 aromatic carbocycles. The summed E-state index contributed by atoms with van der Waals surface area (Å²) in [5.74, 6) is 0.300. The number of carbonyl (C=O) groups is 1. The number of rotatable bonds is 6.